The van der Waals surface area contributed by atoms with Crippen LogP contribution < -0.4 is 21.3 Å². The molecular weight excluding hydrogens is 464 g/mol. The molecule has 0 bridgehead atoms. The maximum Gasteiger partial charge on any atom is 0.251 e. The number of carbonyl (C=O) groups is 2. The quantitative estimate of drug-likeness (QED) is 0.503. The number of nitrogens with two attached hydrogens (primary N) is 1. The van der Waals surface area contributed by atoms with E-state index in [0.717, 1.165) is 67.0 Å². The number of piperidine rings is 1. The molecule has 2 saturated heterocycles. The molecule has 3 atom stereocenters. The average Bonchev–Trinajstić information content (AvgIpc) is 2.90. The van der Waals surface area contributed by atoms with Crippen LogP contribution >= 0.6 is 0 Å². The summed E-state index contributed by atoms with van der Waals surface area (Å²) in [5, 5.41) is 6.12. The molecule has 200 valence electrons. The zero-order chi connectivity index (χ0) is 26.5. The maximum absolute atomic E-state index is 13.6. The van der Waals surface area contributed by atoms with Crippen LogP contribution in [-0.2, 0) is 16.1 Å². The van der Waals surface area contributed by atoms with Crippen molar-refractivity contribution >= 4 is 17.5 Å². The fourth-order valence-electron chi connectivity index (χ4n) is 5.84. The maximum atomic E-state index is 13.6. The molecule has 2 fully saturated rings. The largest absolute Gasteiger partial charge is 0.381 e. The molecule has 4 rings (SSSR count). The molecule has 0 spiro atoms. The molecule has 0 radical (unpaired) electrons. The van der Waals surface area contributed by atoms with Gasteiger partial charge in [-0.2, -0.15) is 0 Å². The summed E-state index contributed by atoms with van der Waals surface area (Å²) in [5.74, 6) is -0.117. The van der Waals surface area contributed by atoms with Crippen LogP contribution in [0, 0.1) is 18.8 Å². The van der Waals surface area contributed by atoms with E-state index in [0.29, 0.717) is 24.7 Å². The Morgan fingerprint density at radius 3 is 2.46 bits per heavy atom. The van der Waals surface area contributed by atoms with Crippen LogP contribution in [0.3, 0.4) is 0 Å². The van der Waals surface area contributed by atoms with Gasteiger partial charge in [0.25, 0.3) is 5.91 Å². The van der Waals surface area contributed by atoms with Gasteiger partial charge in [-0.25, -0.2) is 0 Å². The summed E-state index contributed by atoms with van der Waals surface area (Å²) in [6, 6.07) is 12.9. The smallest absolute Gasteiger partial charge is 0.251 e. The van der Waals surface area contributed by atoms with Gasteiger partial charge < -0.3 is 26.0 Å². The molecule has 0 aromatic heterocycles. The lowest BCUT2D eigenvalue weighted by Gasteiger charge is -2.37. The first-order chi connectivity index (χ1) is 17.8. The number of nitrogens with zero attached hydrogens (tertiary/aromatic N) is 1. The van der Waals surface area contributed by atoms with Gasteiger partial charge in [0.05, 0.1) is 5.92 Å². The minimum Gasteiger partial charge on any atom is -0.381 e. The lowest BCUT2D eigenvalue weighted by molar-refractivity contribution is -0.129. The third-order valence-corrected chi connectivity index (χ3v) is 8.05. The zero-order valence-electron chi connectivity index (χ0n) is 22.7. The van der Waals surface area contributed by atoms with Gasteiger partial charge >= 0.3 is 0 Å². The highest BCUT2D eigenvalue weighted by atomic mass is 16.5. The Morgan fingerprint density at radius 1 is 1.14 bits per heavy atom. The third kappa shape index (κ3) is 6.16. The number of hydrogen-bond donors (Lipinski definition) is 3. The van der Waals surface area contributed by atoms with E-state index < -0.39 is 0 Å². The third-order valence-electron chi connectivity index (χ3n) is 8.05. The molecule has 2 aliphatic heterocycles. The fourth-order valence-corrected chi connectivity index (χ4v) is 5.84. The second-order valence-electron chi connectivity index (χ2n) is 10.6. The number of ether oxygens (including phenoxy) is 1. The van der Waals surface area contributed by atoms with Gasteiger partial charge in [-0.15, -0.1) is 0 Å². The van der Waals surface area contributed by atoms with Crippen molar-refractivity contribution in [2.24, 2.45) is 17.6 Å². The van der Waals surface area contributed by atoms with Gasteiger partial charge in [0.1, 0.15) is 0 Å². The lowest BCUT2D eigenvalue weighted by atomic mass is 9.84. The second kappa shape index (κ2) is 12.1. The lowest BCUT2D eigenvalue weighted by Crippen LogP contribution is -2.50. The molecule has 7 heteroatoms. The van der Waals surface area contributed by atoms with Crippen LogP contribution in [0.25, 0.3) is 11.1 Å². The first-order valence-electron chi connectivity index (χ1n) is 13.7. The van der Waals surface area contributed by atoms with Gasteiger partial charge in [0.15, 0.2) is 0 Å². The topological polar surface area (TPSA) is 96.7 Å². The summed E-state index contributed by atoms with van der Waals surface area (Å²) in [6.45, 7) is 11.5. The van der Waals surface area contributed by atoms with E-state index in [9.17, 15) is 9.59 Å². The van der Waals surface area contributed by atoms with Crippen molar-refractivity contribution in [2.75, 3.05) is 31.2 Å². The van der Waals surface area contributed by atoms with E-state index >= 15 is 0 Å². The van der Waals surface area contributed by atoms with Crippen molar-refractivity contribution in [3.05, 3.63) is 53.1 Å². The second-order valence-corrected chi connectivity index (χ2v) is 10.6. The van der Waals surface area contributed by atoms with Gasteiger partial charge in [0.2, 0.25) is 5.91 Å². The van der Waals surface area contributed by atoms with E-state index in [1.54, 1.807) is 0 Å². The van der Waals surface area contributed by atoms with E-state index in [1.807, 2.05) is 32.0 Å². The molecule has 0 saturated carbocycles. The summed E-state index contributed by atoms with van der Waals surface area (Å²) < 4.78 is 5.62. The Kier molecular flexibility index (Phi) is 8.87. The summed E-state index contributed by atoms with van der Waals surface area (Å²) in [4.78, 5) is 28.6. The van der Waals surface area contributed by atoms with Crippen LogP contribution in [0.1, 0.15) is 61.5 Å². The van der Waals surface area contributed by atoms with Crippen LogP contribution in [0.4, 0.5) is 5.69 Å². The molecule has 3 unspecified atom stereocenters. The predicted molar refractivity (Wildman–Crippen MR) is 149 cm³/mol. The van der Waals surface area contributed by atoms with Crippen molar-refractivity contribution in [2.45, 2.75) is 65.6 Å². The van der Waals surface area contributed by atoms with Crippen molar-refractivity contribution in [3.8, 4) is 11.1 Å². The molecule has 37 heavy (non-hydrogen) atoms. The Morgan fingerprint density at radius 2 is 1.84 bits per heavy atom. The minimum absolute atomic E-state index is 0.0226. The number of carbonyl (C=O) groups excluding carboxylic acids is 2. The minimum atomic E-state index is -0.221. The van der Waals surface area contributed by atoms with Crippen LogP contribution in [-0.4, -0.2) is 50.2 Å². The Bertz CT molecular complexity index is 1090. The number of amides is 2. The van der Waals surface area contributed by atoms with Gasteiger partial charge in [-0.05, 0) is 80.3 Å². The molecule has 2 aromatic carbocycles. The molecule has 2 heterocycles. The Hall–Kier alpha value is -2.90. The molecule has 7 nitrogen and oxygen atoms in total. The van der Waals surface area contributed by atoms with Crippen LogP contribution in [0.2, 0.25) is 0 Å². The molecular formula is C30H42N4O3. The summed E-state index contributed by atoms with van der Waals surface area (Å²) >= 11 is 0. The van der Waals surface area contributed by atoms with E-state index in [4.69, 9.17) is 10.5 Å². The van der Waals surface area contributed by atoms with Gasteiger partial charge in [-0.1, -0.05) is 31.2 Å². The molecule has 2 amide bonds. The highest BCUT2D eigenvalue weighted by molar-refractivity contribution is 5.99. The monoisotopic (exact) mass is 506 g/mol. The summed E-state index contributed by atoms with van der Waals surface area (Å²) in [7, 11) is 0. The fraction of sp³-hybridized carbons (Fsp3) is 0.533. The number of anilines is 1. The van der Waals surface area contributed by atoms with Crippen LogP contribution in [0.15, 0.2) is 36.4 Å². The molecule has 4 N–H and O–H groups in total. The van der Waals surface area contributed by atoms with Crippen LogP contribution in [0.5, 0.6) is 0 Å². The number of benzene rings is 2. The van der Waals surface area contributed by atoms with E-state index in [-0.39, 0.29) is 29.7 Å². The summed E-state index contributed by atoms with van der Waals surface area (Å²) in [6.07, 6.45) is 2.86. The Balaban J connectivity index is 1.67. The van der Waals surface area contributed by atoms with Crippen molar-refractivity contribution in [1.29, 1.82) is 0 Å². The predicted octanol–water partition coefficient (Wildman–Crippen LogP) is 4.02. The SMILES string of the molecule is CCN(c1cc(-c2ccc(CN)cc2)cc(C(=O)NCC2C(=O)NC(C)CC2C)c1C)C1CCOCC1. The van der Waals surface area contributed by atoms with Crippen molar-refractivity contribution in [1.82, 2.24) is 10.6 Å². The normalized spacial score (nSPS) is 22.4. The van der Waals surface area contributed by atoms with E-state index in [2.05, 4.69) is 47.6 Å². The zero-order valence-corrected chi connectivity index (χ0v) is 22.7. The standard InChI is InChI=1S/C30H42N4O3/c1-5-34(25-10-12-37-13-11-25)28-16-24(23-8-6-22(17-31)7-9-23)15-26(21(28)4)29(35)32-18-27-19(2)14-20(3)33-30(27)36/h6-9,15-16,19-20,25,27H,5,10-14,17-18,31H2,1-4H3,(H,32,35)(H,33,36). The first-order valence-corrected chi connectivity index (χ1v) is 13.7. The van der Waals surface area contributed by atoms with Gasteiger partial charge in [-0.3, -0.25) is 9.59 Å². The highest BCUT2D eigenvalue weighted by Crippen LogP contribution is 2.34. The van der Waals surface area contributed by atoms with E-state index in [1.165, 1.54) is 0 Å². The van der Waals surface area contributed by atoms with Crippen molar-refractivity contribution in [3.63, 3.8) is 0 Å². The summed E-state index contributed by atoms with van der Waals surface area (Å²) in [5.41, 5.74) is 11.6. The Labute approximate surface area is 221 Å². The number of hydrogen-bond acceptors (Lipinski definition) is 5. The average molecular weight is 507 g/mol. The highest BCUT2D eigenvalue weighted by Gasteiger charge is 2.32. The molecule has 2 aromatic rings. The molecule has 2 aliphatic rings. The molecule has 0 aliphatic carbocycles. The van der Waals surface area contributed by atoms with Crippen molar-refractivity contribution < 1.29 is 14.3 Å². The first kappa shape index (κ1) is 27.1. The number of nitrogens with one attached hydrogen (secondary N) is 2. The number of rotatable bonds is 8. The van der Waals surface area contributed by atoms with Gasteiger partial charge in [0, 0.05) is 56.2 Å².